The Morgan fingerprint density at radius 2 is 1.95 bits per heavy atom. The lowest BCUT2D eigenvalue weighted by atomic mass is 10.2. The summed E-state index contributed by atoms with van der Waals surface area (Å²) < 4.78 is 5.62. The zero-order valence-corrected chi connectivity index (χ0v) is 13.3. The summed E-state index contributed by atoms with van der Waals surface area (Å²) in [5.41, 5.74) is 1.17. The van der Waals surface area contributed by atoms with E-state index in [9.17, 15) is 4.79 Å². The van der Waals surface area contributed by atoms with Crippen LogP contribution in [0.1, 0.15) is 36.5 Å². The van der Waals surface area contributed by atoms with Gasteiger partial charge in [-0.05, 0) is 42.8 Å². The smallest absolute Gasteiger partial charge is 0.255 e. The molecule has 1 amide bonds. The first-order valence-electron chi connectivity index (χ1n) is 7.35. The molecule has 0 aliphatic rings. The van der Waals surface area contributed by atoms with Gasteiger partial charge in [-0.3, -0.25) is 4.79 Å². The molecule has 116 valence electrons. The van der Waals surface area contributed by atoms with Crippen molar-refractivity contribution in [3.05, 3.63) is 53.3 Å². The number of pyridine rings is 1. The van der Waals surface area contributed by atoms with Gasteiger partial charge in [0.25, 0.3) is 5.91 Å². The van der Waals surface area contributed by atoms with Gasteiger partial charge in [0, 0.05) is 5.56 Å². The number of anilines is 1. The number of benzene rings is 1. The maximum absolute atomic E-state index is 12.1. The zero-order valence-electron chi connectivity index (χ0n) is 12.5. The van der Waals surface area contributed by atoms with Gasteiger partial charge in [0.15, 0.2) is 0 Å². The van der Waals surface area contributed by atoms with E-state index in [2.05, 4.69) is 17.2 Å². The van der Waals surface area contributed by atoms with E-state index in [-0.39, 0.29) is 5.91 Å². The van der Waals surface area contributed by atoms with Crippen LogP contribution in [0.2, 0.25) is 5.15 Å². The Kier molecular flexibility index (Phi) is 6.22. The van der Waals surface area contributed by atoms with Crippen molar-refractivity contribution in [2.24, 2.45) is 0 Å². The van der Waals surface area contributed by atoms with Gasteiger partial charge in [-0.2, -0.15) is 0 Å². The van der Waals surface area contributed by atoms with E-state index in [0.717, 1.165) is 18.6 Å². The predicted molar refractivity (Wildman–Crippen MR) is 88.7 cm³/mol. The molecule has 1 heterocycles. The van der Waals surface area contributed by atoms with Crippen molar-refractivity contribution >= 4 is 23.2 Å². The summed E-state index contributed by atoms with van der Waals surface area (Å²) in [6.45, 7) is 2.86. The molecule has 2 aromatic rings. The molecule has 0 spiro atoms. The van der Waals surface area contributed by atoms with E-state index in [1.807, 2.05) is 0 Å². The lowest BCUT2D eigenvalue weighted by Crippen LogP contribution is -2.11. The van der Waals surface area contributed by atoms with E-state index in [4.69, 9.17) is 16.3 Å². The van der Waals surface area contributed by atoms with Gasteiger partial charge in [0.1, 0.15) is 10.9 Å². The number of rotatable bonds is 7. The van der Waals surface area contributed by atoms with Crippen molar-refractivity contribution in [1.82, 2.24) is 4.98 Å². The molecule has 1 N–H and O–H groups in total. The van der Waals surface area contributed by atoms with E-state index < -0.39 is 0 Å². The highest BCUT2D eigenvalue weighted by Crippen LogP contribution is 2.15. The fraction of sp³-hybridized carbons (Fsp3) is 0.294. The third-order valence-corrected chi connectivity index (χ3v) is 3.34. The van der Waals surface area contributed by atoms with Crippen LogP contribution in [-0.2, 0) is 0 Å². The fourth-order valence-corrected chi connectivity index (χ4v) is 2.01. The maximum atomic E-state index is 12.1. The number of hydrogen-bond acceptors (Lipinski definition) is 3. The molecular weight excluding hydrogens is 300 g/mol. The van der Waals surface area contributed by atoms with Crippen LogP contribution >= 0.6 is 11.6 Å². The molecule has 0 aliphatic heterocycles. The second-order valence-corrected chi connectivity index (χ2v) is 5.29. The molecule has 0 aliphatic carbocycles. The highest BCUT2D eigenvalue weighted by molar-refractivity contribution is 6.29. The highest BCUT2D eigenvalue weighted by Gasteiger charge is 2.06. The van der Waals surface area contributed by atoms with E-state index in [1.54, 1.807) is 36.4 Å². The molecule has 0 unspecified atom stereocenters. The molecule has 0 radical (unpaired) electrons. The number of carbonyl (C=O) groups excluding carboxylic acids is 1. The van der Waals surface area contributed by atoms with Crippen LogP contribution in [-0.4, -0.2) is 17.5 Å². The summed E-state index contributed by atoms with van der Waals surface area (Å²) in [5, 5.41) is 3.16. The van der Waals surface area contributed by atoms with Gasteiger partial charge >= 0.3 is 0 Å². The summed E-state index contributed by atoms with van der Waals surface area (Å²) in [7, 11) is 0. The Morgan fingerprint density at radius 3 is 2.59 bits per heavy atom. The van der Waals surface area contributed by atoms with Crippen molar-refractivity contribution in [3.63, 3.8) is 0 Å². The normalized spacial score (nSPS) is 10.3. The van der Waals surface area contributed by atoms with Crippen LogP contribution < -0.4 is 10.1 Å². The minimum Gasteiger partial charge on any atom is -0.494 e. The van der Waals surface area contributed by atoms with Gasteiger partial charge in [-0.15, -0.1) is 0 Å². The summed E-state index contributed by atoms with van der Waals surface area (Å²) in [4.78, 5) is 16.0. The highest BCUT2D eigenvalue weighted by atomic mass is 35.5. The first-order valence-corrected chi connectivity index (χ1v) is 7.72. The number of nitrogens with one attached hydrogen (secondary N) is 1. The maximum Gasteiger partial charge on any atom is 0.255 e. The SMILES string of the molecule is CCCCCOc1ccc(C(=O)Nc2ccc(Cl)nc2)cc1. The minimum absolute atomic E-state index is 0.193. The van der Waals surface area contributed by atoms with Crippen LogP contribution in [0.15, 0.2) is 42.6 Å². The zero-order chi connectivity index (χ0) is 15.8. The van der Waals surface area contributed by atoms with Gasteiger partial charge in [-0.25, -0.2) is 4.98 Å². The standard InChI is InChI=1S/C17H19ClN2O2/c1-2-3-4-11-22-15-8-5-13(6-9-15)17(21)20-14-7-10-16(18)19-12-14/h5-10,12H,2-4,11H2,1H3,(H,20,21). The third-order valence-electron chi connectivity index (χ3n) is 3.12. The molecule has 1 aromatic heterocycles. The Labute approximate surface area is 135 Å². The lowest BCUT2D eigenvalue weighted by molar-refractivity contribution is 0.102. The molecule has 0 fully saturated rings. The predicted octanol–water partition coefficient (Wildman–Crippen LogP) is 4.56. The third kappa shape index (κ3) is 5.04. The molecule has 0 saturated carbocycles. The molecular formula is C17H19ClN2O2. The number of aromatic nitrogens is 1. The fourth-order valence-electron chi connectivity index (χ4n) is 1.90. The van der Waals surface area contributed by atoms with Crippen LogP contribution in [0.25, 0.3) is 0 Å². The Morgan fingerprint density at radius 1 is 1.18 bits per heavy atom. The monoisotopic (exact) mass is 318 g/mol. The molecule has 0 saturated heterocycles. The van der Waals surface area contributed by atoms with Crippen LogP contribution in [0, 0.1) is 0 Å². The number of hydrogen-bond donors (Lipinski definition) is 1. The second-order valence-electron chi connectivity index (χ2n) is 4.90. The average Bonchev–Trinajstić information content (AvgIpc) is 2.54. The van der Waals surface area contributed by atoms with E-state index in [1.165, 1.54) is 12.6 Å². The van der Waals surface area contributed by atoms with E-state index in [0.29, 0.717) is 23.0 Å². The lowest BCUT2D eigenvalue weighted by Gasteiger charge is -2.07. The van der Waals surface area contributed by atoms with Gasteiger partial charge in [0.05, 0.1) is 18.5 Å². The molecule has 2 rings (SSSR count). The minimum atomic E-state index is -0.193. The summed E-state index contributed by atoms with van der Waals surface area (Å²) in [6, 6.07) is 10.4. The van der Waals surface area contributed by atoms with Crippen LogP contribution in [0.4, 0.5) is 5.69 Å². The molecule has 5 heteroatoms. The first kappa shape index (κ1) is 16.3. The first-order chi connectivity index (χ1) is 10.7. The Bertz CT molecular complexity index is 597. The number of ether oxygens (including phenoxy) is 1. The molecule has 0 bridgehead atoms. The van der Waals surface area contributed by atoms with Crippen LogP contribution in [0.5, 0.6) is 5.75 Å². The van der Waals surface area contributed by atoms with Crippen LogP contribution in [0.3, 0.4) is 0 Å². The molecule has 4 nitrogen and oxygen atoms in total. The van der Waals surface area contributed by atoms with Gasteiger partial charge in [-0.1, -0.05) is 31.4 Å². The quantitative estimate of drug-likeness (QED) is 0.601. The Balaban J connectivity index is 1.89. The van der Waals surface area contributed by atoms with E-state index >= 15 is 0 Å². The Hall–Kier alpha value is -2.07. The molecule has 0 atom stereocenters. The summed E-state index contributed by atoms with van der Waals surface area (Å²) in [6.07, 6.45) is 4.89. The van der Waals surface area contributed by atoms with Crippen molar-refractivity contribution in [1.29, 1.82) is 0 Å². The summed E-state index contributed by atoms with van der Waals surface area (Å²) in [5.74, 6) is 0.586. The average molecular weight is 319 g/mol. The van der Waals surface area contributed by atoms with Crippen molar-refractivity contribution in [2.45, 2.75) is 26.2 Å². The number of unbranched alkanes of at least 4 members (excludes halogenated alkanes) is 2. The van der Waals surface area contributed by atoms with Gasteiger partial charge in [0.2, 0.25) is 0 Å². The van der Waals surface area contributed by atoms with Gasteiger partial charge < -0.3 is 10.1 Å². The topological polar surface area (TPSA) is 51.2 Å². The number of amides is 1. The van der Waals surface area contributed by atoms with Crippen molar-refractivity contribution in [3.8, 4) is 5.75 Å². The second kappa shape index (κ2) is 8.39. The molecule has 22 heavy (non-hydrogen) atoms. The number of carbonyl (C=O) groups is 1. The van der Waals surface area contributed by atoms with Crippen molar-refractivity contribution < 1.29 is 9.53 Å². The number of halogens is 1. The van der Waals surface area contributed by atoms with Crippen molar-refractivity contribution in [2.75, 3.05) is 11.9 Å². The molecule has 1 aromatic carbocycles. The number of nitrogens with zero attached hydrogens (tertiary/aromatic N) is 1. The summed E-state index contributed by atoms with van der Waals surface area (Å²) >= 11 is 5.71. The largest absolute Gasteiger partial charge is 0.494 e.